The van der Waals surface area contributed by atoms with Crippen LogP contribution in [0.3, 0.4) is 0 Å². The van der Waals surface area contributed by atoms with Gasteiger partial charge in [-0.3, -0.25) is 4.79 Å². The van der Waals surface area contributed by atoms with E-state index in [1.165, 1.54) is 4.90 Å². The quantitative estimate of drug-likeness (QED) is 0.891. The Labute approximate surface area is 143 Å². The zero-order valence-corrected chi connectivity index (χ0v) is 13.8. The molecule has 7 nitrogen and oxygen atoms in total. The van der Waals surface area contributed by atoms with Gasteiger partial charge < -0.3 is 20.1 Å². The topological polar surface area (TPSA) is 87.5 Å². The minimum atomic E-state index is -0.533. The summed E-state index contributed by atoms with van der Waals surface area (Å²) < 4.78 is 4.92. The molecule has 0 spiro atoms. The molecule has 1 aliphatic heterocycles. The molecule has 2 aromatic rings. The number of carbonyl (C=O) groups is 2. The van der Waals surface area contributed by atoms with Gasteiger partial charge in [-0.1, -0.05) is 16.8 Å². The second-order valence-electron chi connectivity index (χ2n) is 5.60. The van der Waals surface area contributed by atoms with Crippen LogP contribution in [0.1, 0.15) is 18.6 Å². The number of aromatic nitrogens is 1. The second kappa shape index (κ2) is 6.92. The highest BCUT2D eigenvalue weighted by Crippen LogP contribution is 2.21. The molecule has 126 valence electrons. The first kappa shape index (κ1) is 16.3. The van der Waals surface area contributed by atoms with Gasteiger partial charge in [-0.15, -0.1) is 0 Å². The van der Waals surface area contributed by atoms with Crippen molar-refractivity contribution in [3.8, 4) is 0 Å². The summed E-state index contributed by atoms with van der Waals surface area (Å²) in [7, 11) is 0. The molecule has 2 heterocycles. The number of urea groups is 1. The van der Waals surface area contributed by atoms with Crippen molar-refractivity contribution in [2.24, 2.45) is 0 Å². The summed E-state index contributed by atoms with van der Waals surface area (Å²) in [6.45, 7) is 2.26. The summed E-state index contributed by atoms with van der Waals surface area (Å²) in [5, 5.41) is 9.78. The molecular formula is C16H17ClN4O3. The molecule has 1 fully saturated rings. The summed E-state index contributed by atoms with van der Waals surface area (Å²) >= 11 is 5.83. The molecule has 3 amide bonds. The van der Waals surface area contributed by atoms with Gasteiger partial charge >= 0.3 is 6.03 Å². The molecule has 1 aromatic carbocycles. The van der Waals surface area contributed by atoms with Gasteiger partial charge in [0, 0.05) is 23.3 Å². The molecule has 0 aliphatic carbocycles. The van der Waals surface area contributed by atoms with Crippen LogP contribution in [0, 0.1) is 6.92 Å². The van der Waals surface area contributed by atoms with Gasteiger partial charge in [-0.25, -0.2) is 4.79 Å². The van der Waals surface area contributed by atoms with E-state index >= 15 is 0 Å². The SMILES string of the molecule is Cc1cc(NC(=O)[C@@H]2CCCN2C(=O)Nc2ccc(Cl)cc2)no1. The average molecular weight is 349 g/mol. The van der Waals surface area contributed by atoms with E-state index in [9.17, 15) is 9.59 Å². The van der Waals surface area contributed by atoms with E-state index in [2.05, 4.69) is 15.8 Å². The Hall–Kier alpha value is -2.54. The molecular weight excluding hydrogens is 332 g/mol. The van der Waals surface area contributed by atoms with Crippen LogP contribution in [0.15, 0.2) is 34.9 Å². The van der Waals surface area contributed by atoms with Crippen molar-refractivity contribution >= 4 is 35.0 Å². The third kappa shape index (κ3) is 3.68. The number of benzene rings is 1. The van der Waals surface area contributed by atoms with Crippen LogP contribution in [0.25, 0.3) is 0 Å². The van der Waals surface area contributed by atoms with Gasteiger partial charge in [0.15, 0.2) is 5.82 Å². The van der Waals surface area contributed by atoms with E-state index in [1.54, 1.807) is 37.3 Å². The smallest absolute Gasteiger partial charge is 0.322 e. The average Bonchev–Trinajstić information content (AvgIpc) is 3.18. The number of rotatable bonds is 3. The highest BCUT2D eigenvalue weighted by Gasteiger charge is 2.34. The van der Waals surface area contributed by atoms with Crippen molar-refractivity contribution in [2.45, 2.75) is 25.8 Å². The van der Waals surface area contributed by atoms with Crippen LogP contribution < -0.4 is 10.6 Å². The fraction of sp³-hybridized carbons (Fsp3) is 0.312. The fourth-order valence-corrected chi connectivity index (χ4v) is 2.77. The Morgan fingerprint density at radius 1 is 1.29 bits per heavy atom. The largest absolute Gasteiger partial charge is 0.360 e. The van der Waals surface area contributed by atoms with Crippen molar-refractivity contribution in [1.82, 2.24) is 10.1 Å². The van der Waals surface area contributed by atoms with Crippen LogP contribution in [0.5, 0.6) is 0 Å². The van der Waals surface area contributed by atoms with Crippen molar-refractivity contribution < 1.29 is 14.1 Å². The Balaban J connectivity index is 1.64. The fourth-order valence-electron chi connectivity index (χ4n) is 2.65. The van der Waals surface area contributed by atoms with E-state index in [0.29, 0.717) is 35.3 Å². The van der Waals surface area contributed by atoms with Crippen LogP contribution in [0.4, 0.5) is 16.3 Å². The molecule has 1 saturated heterocycles. The molecule has 1 aromatic heterocycles. The summed E-state index contributed by atoms with van der Waals surface area (Å²) in [5.74, 6) is 0.684. The monoisotopic (exact) mass is 348 g/mol. The summed E-state index contributed by atoms with van der Waals surface area (Å²) in [5.41, 5.74) is 0.627. The normalized spacial score (nSPS) is 16.9. The molecule has 0 radical (unpaired) electrons. The van der Waals surface area contributed by atoms with Crippen LogP contribution in [0.2, 0.25) is 5.02 Å². The molecule has 24 heavy (non-hydrogen) atoms. The second-order valence-corrected chi connectivity index (χ2v) is 6.04. The lowest BCUT2D eigenvalue weighted by Crippen LogP contribution is -2.45. The zero-order chi connectivity index (χ0) is 17.1. The lowest BCUT2D eigenvalue weighted by molar-refractivity contribution is -0.119. The van der Waals surface area contributed by atoms with Crippen LogP contribution >= 0.6 is 11.6 Å². The molecule has 3 rings (SSSR count). The molecule has 1 aliphatic rings. The third-order valence-electron chi connectivity index (χ3n) is 3.79. The van der Waals surface area contributed by atoms with Crippen molar-refractivity contribution in [3.05, 3.63) is 41.1 Å². The summed E-state index contributed by atoms with van der Waals surface area (Å²) in [6, 6.07) is 7.59. The first-order valence-corrected chi connectivity index (χ1v) is 7.98. The number of nitrogens with one attached hydrogen (secondary N) is 2. The van der Waals surface area contributed by atoms with Gasteiger partial charge in [0.2, 0.25) is 5.91 Å². The minimum absolute atomic E-state index is 0.271. The number of hydrogen-bond donors (Lipinski definition) is 2. The van der Waals surface area contributed by atoms with Crippen molar-refractivity contribution in [1.29, 1.82) is 0 Å². The number of aryl methyl sites for hydroxylation is 1. The highest BCUT2D eigenvalue weighted by molar-refractivity contribution is 6.30. The molecule has 0 bridgehead atoms. The maximum Gasteiger partial charge on any atom is 0.322 e. The van der Waals surface area contributed by atoms with Gasteiger partial charge in [-0.2, -0.15) is 0 Å². The first-order valence-electron chi connectivity index (χ1n) is 7.60. The van der Waals surface area contributed by atoms with Crippen LogP contribution in [-0.4, -0.2) is 34.6 Å². The summed E-state index contributed by atoms with van der Waals surface area (Å²) in [6.07, 6.45) is 1.38. The number of hydrogen-bond acceptors (Lipinski definition) is 4. The number of carbonyl (C=O) groups excluding carboxylic acids is 2. The van der Waals surface area contributed by atoms with E-state index < -0.39 is 6.04 Å². The Bertz CT molecular complexity index is 744. The van der Waals surface area contributed by atoms with Crippen molar-refractivity contribution in [3.63, 3.8) is 0 Å². The van der Waals surface area contributed by atoms with Crippen molar-refractivity contribution in [2.75, 3.05) is 17.2 Å². The standard InChI is InChI=1S/C16H17ClN4O3/c1-10-9-14(20-24-10)19-15(22)13-3-2-8-21(13)16(23)18-12-6-4-11(17)5-7-12/h4-7,9,13H,2-3,8H2,1H3,(H,18,23)(H,19,20,22)/t13-/m0/s1. The van der Waals surface area contributed by atoms with Gasteiger partial charge in [0.25, 0.3) is 0 Å². The van der Waals surface area contributed by atoms with E-state index in [0.717, 1.165) is 6.42 Å². The predicted octanol–water partition coefficient (Wildman–Crippen LogP) is 3.27. The molecule has 1 atom stereocenters. The Morgan fingerprint density at radius 2 is 2.04 bits per heavy atom. The molecule has 8 heteroatoms. The Morgan fingerprint density at radius 3 is 2.71 bits per heavy atom. The number of likely N-dealkylation sites (tertiary alicyclic amines) is 1. The van der Waals surface area contributed by atoms with Gasteiger partial charge in [0.1, 0.15) is 11.8 Å². The zero-order valence-electron chi connectivity index (χ0n) is 13.1. The number of nitrogens with zero attached hydrogens (tertiary/aromatic N) is 2. The number of anilines is 2. The van der Waals surface area contributed by atoms with Gasteiger partial charge in [-0.05, 0) is 44.0 Å². The maximum absolute atomic E-state index is 12.4. The number of amides is 3. The van der Waals surface area contributed by atoms with E-state index in [-0.39, 0.29) is 11.9 Å². The first-order chi connectivity index (χ1) is 11.5. The molecule has 0 unspecified atom stereocenters. The summed E-state index contributed by atoms with van der Waals surface area (Å²) in [4.78, 5) is 26.4. The lowest BCUT2D eigenvalue weighted by atomic mass is 10.2. The predicted molar refractivity (Wildman–Crippen MR) is 90.1 cm³/mol. The Kier molecular flexibility index (Phi) is 4.71. The minimum Gasteiger partial charge on any atom is -0.360 e. The van der Waals surface area contributed by atoms with Gasteiger partial charge in [0.05, 0.1) is 0 Å². The lowest BCUT2D eigenvalue weighted by Gasteiger charge is -2.23. The van der Waals surface area contributed by atoms with E-state index in [1.807, 2.05) is 0 Å². The van der Waals surface area contributed by atoms with E-state index in [4.69, 9.17) is 16.1 Å². The molecule has 0 saturated carbocycles. The molecule has 2 N–H and O–H groups in total. The third-order valence-corrected chi connectivity index (χ3v) is 4.04. The number of halogens is 1. The van der Waals surface area contributed by atoms with Crippen LogP contribution in [-0.2, 0) is 4.79 Å². The highest BCUT2D eigenvalue weighted by atomic mass is 35.5. The maximum atomic E-state index is 12.4.